The minimum Gasteiger partial charge on any atom is -0.481 e. The average molecular weight is 337 g/mol. The Kier molecular flexibility index (Phi) is 4.23. The lowest BCUT2D eigenvalue weighted by Crippen LogP contribution is -2.32. The Bertz CT molecular complexity index is 778. The minimum atomic E-state index is -0.813. The fourth-order valence-corrected chi connectivity index (χ4v) is 3.00. The van der Waals surface area contributed by atoms with E-state index in [-0.39, 0.29) is 24.2 Å². The number of likely N-dealkylation sites (tertiary alicyclic amines) is 1. The third-order valence-corrected chi connectivity index (χ3v) is 4.12. The molecule has 1 N–H and O–H groups in total. The number of β-amino-alcohol motifs (C(OH)–C–C–N with tert-alkyl or cyclic N) is 1. The van der Waals surface area contributed by atoms with Crippen LogP contribution in [0.1, 0.15) is 28.5 Å². The number of nitrogens with zero attached hydrogens (tertiary/aromatic N) is 3. The van der Waals surface area contributed by atoms with Crippen LogP contribution in [0.5, 0.6) is 5.88 Å². The Morgan fingerprint density at radius 2 is 2.12 bits per heavy atom. The summed E-state index contributed by atoms with van der Waals surface area (Å²) in [6.45, 7) is 0.0261. The highest BCUT2D eigenvalue weighted by Gasteiger charge is 2.38. The van der Waals surface area contributed by atoms with E-state index in [2.05, 4.69) is 5.10 Å². The van der Waals surface area contributed by atoms with Gasteiger partial charge in [-0.2, -0.15) is 5.10 Å². The Morgan fingerprint density at radius 1 is 1.38 bits per heavy atom. The van der Waals surface area contributed by atoms with E-state index in [1.165, 1.54) is 22.8 Å². The summed E-state index contributed by atoms with van der Waals surface area (Å²) in [6, 6.07) is 3.79. The lowest BCUT2D eigenvalue weighted by atomic mass is 10.0. The summed E-state index contributed by atoms with van der Waals surface area (Å²) < 4.78 is 34.0. The van der Waals surface area contributed by atoms with E-state index in [4.69, 9.17) is 4.74 Å². The van der Waals surface area contributed by atoms with Crippen molar-refractivity contribution in [2.24, 2.45) is 7.05 Å². The topological polar surface area (TPSA) is 67.6 Å². The predicted molar refractivity (Wildman–Crippen MR) is 80.5 cm³/mol. The van der Waals surface area contributed by atoms with Gasteiger partial charge in [-0.25, -0.2) is 13.5 Å². The van der Waals surface area contributed by atoms with E-state index in [1.54, 1.807) is 7.05 Å². The molecule has 1 aliphatic rings. The van der Waals surface area contributed by atoms with Crippen LogP contribution in [-0.4, -0.2) is 45.5 Å². The van der Waals surface area contributed by atoms with Gasteiger partial charge in [-0.3, -0.25) is 4.79 Å². The lowest BCUT2D eigenvalue weighted by Gasteiger charge is -2.24. The summed E-state index contributed by atoms with van der Waals surface area (Å²) in [5.41, 5.74) is 0.160. The summed E-state index contributed by atoms with van der Waals surface area (Å²) in [5.74, 6) is -1.29. The van der Waals surface area contributed by atoms with Gasteiger partial charge in [0, 0.05) is 25.2 Å². The Labute approximate surface area is 137 Å². The molecule has 1 amide bonds. The van der Waals surface area contributed by atoms with Crippen molar-refractivity contribution in [3.05, 3.63) is 47.2 Å². The summed E-state index contributed by atoms with van der Waals surface area (Å²) in [7, 11) is 3.08. The number of halogens is 2. The highest BCUT2D eigenvalue weighted by Crippen LogP contribution is 2.35. The summed E-state index contributed by atoms with van der Waals surface area (Å²) >= 11 is 0. The molecule has 128 valence electrons. The fourth-order valence-electron chi connectivity index (χ4n) is 3.00. The molecule has 0 radical (unpaired) electrons. The number of aliphatic hydroxyl groups excluding tert-OH is 1. The third kappa shape index (κ3) is 2.84. The van der Waals surface area contributed by atoms with Gasteiger partial charge in [-0.1, -0.05) is 0 Å². The van der Waals surface area contributed by atoms with E-state index in [0.717, 1.165) is 18.2 Å². The van der Waals surface area contributed by atoms with E-state index in [9.17, 15) is 18.7 Å². The number of aryl methyl sites for hydroxylation is 1. The maximum atomic E-state index is 14.1. The number of amides is 1. The number of hydrogen-bond acceptors (Lipinski definition) is 4. The molecule has 24 heavy (non-hydrogen) atoms. The van der Waals surface area contributed by atoms with Gasteiger partial charge in [-0.05, 0) is 24.6 Å². The second kappa shape index (κ2) is 6.20. The van der Waals surface area contributed by atoms with Crippen molar-refractivity contribution in [2.75, 3.05) is 13.7 Å². The van der Waals surface area contributed by atoms with Crippen LogP contribution in [0.4, 0.5) is 8.78 Å². The number of methoxy groups -OCH3 is 1. The number of rotatable bonds is 3. The van der Waals surface area contributed by atoms with Crippen LogP contribution in [-0.2, 0) is 7.05 Å². The number of carbonyl (C=O) groups is 1. The van der Waals surface area contributed by atoms with Crippen molar-refractivity contribution < 1.29 is 23.4 Å². The Morgan fingerprint density at radius 3 is 2.79 bits per heavy atom. The molecule has 2 heterocycles. The smallest absolute Gasteiger partial charge is 0.275 e. The zero-order valence-corrected chi connectivity index (χ0v) is 13.2. The maximum absolute atomic E-state index is 14.1. The van der Waals surface area contributed by atoms with Crippen LogP contribution in [0.15, 0.2) is 24.3 Å². The van der Waals surface area contributed by atoms with E-state index in [0.29, 0.717) is 5.88 Å². The molecule has 1 aromatic heterocycles. The largest absolute Gasteiger partial charge is 0.481 e. The van der Waals surface area contributed by atoms with Gasteiger partial charge in [0.15, 0.2) is 5.69 Å². The maximum Gasteiger partial charge on any atom is 0.275 e. The third-order valence-electron chi connectivity index (χ3n) is 4.12. The minimum absolute atomic E-state index is 0.0261. The van der Waals surface area contributed by atoms with Gasteiger partial charge < -0.3 is 14.7 Å². The van der Waals surface area contributed by atoms with Gasteiger partial charge in [0.1, 0.15) is 11.6 Å². The van der Waals surface area contributed by atoms with Crippen molar-refractivity contribution in [1.29, 1.82) is 0 Å². The number of benzene rings is 1. The quantitative estimate of drug-likeness (QED) is 0.925. The normalized spacial score (nSPS) is 20.5. The van der Waals surface area contributed by atoms with Gasteiger partial charge in [0.05, 0.1) is 19.3 Å². The van der Waals surface area contributed by atoms with Gasteiger partial charge >= 0.3 is 0 Å². The number of aliphatic hydroxyl groups is 1. The first-order valence-corrected chi connectivity index (χ1v) is 7.42. The number of aromatic nitrogens is 2. The standard InChI is InChI=1S/C16H17F2N3O3/c1-20-15(24-2)7-13(19-20)16(23)21-8-10(22)6-14(21)11-5-9(17)3-4-12(11)18/h3-5,7,10,14,22H,6,8H2,1-2H3/t10-,14-/m0/s1. The van der Waals surface area contributed by atoms with Gasteiger partial charge in [0.2, 0.25) is 5.88 Å². The van der Waals surface area contributed by atoms with Crippen molar-refractivity contribution in [2.45, 2.75) is 18.6 Å². The number of ether oxygens (including phenoxy) is 1. The molecular weight excluding hydrogens is 320 g/mol. The van der Waals surface area contributed by atoms with E-state index < -0.39 is 29.7 Å². The molecule has 2 aromatic rings. The van der Waals surface area contributed by atoms with Crippen molar-refractivity contribution in [3.63, 3.8) is 0 Å². The van der Waals surface area contributed by atoms with Crippen LogP contribution in [0, 0.1) is 11.6 Å². The molecule has 3 rings (SSSR count). The molecule has 0 unspecified atom stereocenters. The monoisotopic (exact) mass is 337 g/mol. The van der Waals surface area contributed by atoms with E-state index >= 15 is 0 Å². The molecule has 1 fully saturated rings. The zero-order chi connectivity index (χ0) is 17.4. The molecule has 1 saturated heterocycles. The SMILES string of the molecule is COc1cc(C(=O)N2C[C@@H](O)C[C@H]2c2cc(F)ccc2F)nn1C. The van der Waals surface area contributed by atoms with Crippen LogP contribution in [0.2, 0.25) is 0 Å². The molecule has 8 heteroatoms. The second-order valence-electron chi connectivity index (χ2n) is 5.72. The summed E-state index contributed by atoms with van der Waals surface area (Å²) in [5, 5.41) is 14.0. The number of hydrogen-bond donors (Lipinski definition) is 1. The Balaban J connectivity index is 1.95. The van der Waals surface area contributed by atoms with E-state index in [1.807, 2.05) is 0 Å². The molecule has 0 bridgehead atoms. The van der Waals surface area contributed by atoms with Crippen LogP contribution >= 0.6 is 0 Å². The van der Waals surface area contributed by atoms with Gasteiger partial charge in [0.25, 0.3) is 5.91 Å². The van der Waals surface area contributed by atoms with Crippen molar-refractivity contribution in [3.8, 4) is 5.88 Å². The van der Waals surface area contributed by atoms with Crippen LogP contribution in [0.25, 0.3) is 0 Å². The predicted octanol–water partition coefficient (Wildman–Crippen LogP) is 1.66. The molecule has 1 aromatic carbocycles. The zero-order valence-electron chi connectivity index (χ0n) is 13.2. The fraction of sp³-hybridized carbons (Fsp3) is 0.375. The Hall–Kier alpha value is -2.48. The average Bonchev–Trinajstić information content (AvgIpc) is 3.11. The first-order chi connectivity index (χ1) is 11.4. The molecule has 2 atom stereocenters. The van der Waals surface area contributed by atoms with Crippen molar-refractivity contribution in [1.82, 2.24) is 14.7 Å². The highest BCUT2D eigenvalue weighted by atomic mass is 19.1. The van der Waals surface area contributed by atoms with Gasteiger partial charge in [-0.15, -0.1) is 0 Å². The molecule has 6 nitrogen and oxygen atoms in total. The lowest BCUT2D eigenvalue weighted by molar-refractivity contribution is 0.0707. The summed E-state index contributed by atoms with van der Waals surface area (Å²) in [4.78, 5) is 14.0. The molecule has 0 aliphatic carbocycles. The molecule has 0 spiro atoms. The first-order valence-electron chi connectivity index (χ1n) is 7.42. The van der Waals surface area contributed by atoms with Crippen LogP contribution < -0.4 is 4.74 Å². The summed E-state index contributed by atoms with van der Waals surface area (Å²) in [6.07, 6.45) is -0.678. The van der Waals surface area contributed by atoms with Crippen LogP contribution in [0.3, 0.4) is 0 Å². The molecule has 1 aliphatic heterocycles. The number of carbonyl (C=O) groups excluding carboxylic acids is 1. The second-order valence-corrected chi connectivity index (χ2v) is 5.72. The molecular formula is C16H17F2N3O3. The highest BCUT2D eigenvalue weighted by molar-refractivity contribution is 5.93. The molecule has 0 saturated carbocycles. The first kappa shape index (κ1) is 16.4. The van der Waals surface area contributed by atoms with Crippen molar-refractivity contribution >= 4 is 5.91 Å².